The quantitative estimate of drug-likeness (QED) is 0.920. The van der Waals surface area contributed by atoms with E-state index in [0.29, 0.717) is 6.42 Å². The molecule has 0 radical (unpaired) electrons. The number of carbonyl (C=O) groups excluding carboxylic acids is 1. The van der Waals surface area contributed by atoms with Gasteiger partial charge >= 0.3 is 5.97 Å². The summed E-state index contributed by atoms with van der Waals surface area (Å²) in [6.07, 6.45) is 3.41. The highest BCUT2D eigenvalue weighted by Crippen LogP contribution is 2.40. The van der Waals surface area contributed by atoms with Crippen molar-refractivity contribution < 1.29 is 19.4 Å². The van der Waals surface area contributed by atoms with E-state index in [1.807, 2.05) is 24.3 Å². The molecule has 1 N–H and O–H groups in total. The van der Waals surface area contributed by atoms with E-state index in [9.17, 15) is 14.7 Å². The summed E-state index contributed by atoms with van der Waals surface area (Å²) in [5.41, 5.74) is 1.25. The standard InChI is InChI=1S/C16H19NO4/c1-21-16(7-4-8-16)10-14(18)17-12-6-3-2-5-11(12)9-13(17)15(19)20/h2-3,5-6,13H,4,7-10H2,1H3,(H,19,20)/t13-/m0/s1. The molecule has 1 amide bonds. The monoisotopic (exact) mass is 289 g/mol. The molecule has 5 heteroatoms. The fourth-order valence-electron chi connectivity index (χ4n) is 3.28. The van der Waals surface area contributed by atoms with E-state index in [-0.39, 0.29) is 12.3 Å². The molecule has 5 nitrogen and oxygen atoms in total. The Morgan fingerprint density at radius 1 is 1.38 bits per heavy atom. The molecule has 2 aliphatic rings. The average Bonchev–Trinajstić information content (AvgIpc) is 2.82. The Balaban J connectivity index is 1.87. The number of aliphatic carboxylic acids is 1. The molecule has 1 aromatic carbocycles. The van der Waals surface area contributed by atoms with Gasteiger partial charge in [0.2, 0.25) is 5.91 Å². The first-order valence-electron chi connectivity index (χ1n) is 7.24. The topological polar surface area (TPSA) is 66.8 Å². The molecule has 0 aromatic heterocycles. The van der Waals surface area contributed by atoms with Gasteiger partial charge in [0.15, 0.2) is 0 Å². The summed E-state index contributed by atoms with van der Waals surface area (Å²) >= 11 is 0. The lowest BCUT2D eigenvalue weighted by atomic mass is 9.77. The SMILES string of the molecule is COC1(CC(=O)N2c3ccccc3C[C@H]2C(=O)O)CCC1. The number of hydrogen-bond acceptors (Lipinski definition) is 3. The van der Waals surface area contributed by atoms with Crippen LogP contribution in [-0.4, -0.2) is 35.7 Å². The minimum atomic E-state index is -0.959. The van der Waals surface area contributed by atoms with E-state index in [4.69, 9.17) is 4.74 Å². The fraction of sp³-hybridized carbons (Fsp3) is 0.500. The van der Waals surface area contributed by atoms with Gasteiger partial charge in [0.25, 0.3) is 0 Å². The molecule has 1 atom stereocenters. The van der Waals surface area contributed by atoms with Crippen LogP contribution in [0.1, 0.15) is 31.2 Å². The molecule has 1 fully saturated rings. The van der Waals surface area contributed by atoms with Crippen LogP contribution >= 0.6 is 0 Å². The normalized spacial score (nSPS) is 22.5. The summed E-state index contributed by atoms with van der Waals surface area (Å²) < 4.78 is 5.49. The molecule has 1 saturated carbocycles. The number of carbonyl (C=O) groups is 2. The van der Waals surface area contributed by atoms with Gasteiger partial charge in [-0.25, -0.2) is 4.79 Å². The number of carboxylic acid groups (broad SMARTS) is 1. The van der Waals surface area contributed by atoms with Crippen molar-refractivity contribution in [3.8, 4) is 0 Å². The number of amides is 1. The number of methoxy groups -OCH3 is 1. The zero-order chi connectivity index (χ0) is 15.0. The number of carboxylic acids is 1. The van der Waals surface area contributed by atoms with Crippen LogP contribution < -0.4 is 4.90 Å². The van der Waals surface area contributed by atoms with Gasteiger partial charge in [0.1, 0.15) is 6.04 Å². The molecule has 21 heavy (non-hydrogen) atoms. The first-order chi connectivity index (χ1) is 10.1. The second kappa shape index (κ2) is 5.15. The van der Waals surface area contributed by atoms with Crippen molar-refractivity contribution >= 4 is 17.6 Å². The number of benzene rings is 1. The van der Waals surface area contributed by atoms with Crippen LogP contribution in [0.5, 0.6) is 0 Å². The molecule has 1 aromatic rings. The van der Waals surface area contributed by atoms with Crippen molar-refractivity contribution in [2.45, 2.75) is 43.7 Å². The fourth-order valence-corrected chi connectivity index (χ4v) is 3.28. The second-order valence-electron chi connectivity index (χ2n) is 5.87. The van der Waals surface area contributed by atoms with Crippen LogP contribution in [0.3, 0.4) is 0 Å². The van der Waals surface area contributed by atoms with E-state index >= 15 is 0 Å². The number of nitrogens with zero attached hydrogens (tertiary/aromatic N) is 1. The Hall–Kier alpha value is -1.88. The molecule has 0 unspecified atom stereocenters. The van der Waals surface area contributed by atoms with Gasteiger partial charge in [0.05, 0.1) is 12.0 Å². The summed E-state index contributed by atoms with van der Waals surface area (Å²) in [7, 11) is 1.62. The first-order valence-corrected chi connectivity index (χ1v) is 7.24. The van der Waals surface area contributed by atoms with Crippen LogP contribution in [0, 0.1) is 0 Å². The van der Waals surface area contributed by atoms with Gasteiger partial charge in [-0.15, -0.1) is 0 Å². The van der Waals surface area contributed by atoms with E-state index in [1.165, 1.54) is 4.90 Å². The molecule has 0 bridgehead atoms. The van der Waals surface area contributed by atoms with E-state index in [2.05, 4.69) is 0 Å². The number of fused-ring (bicyclic) bond motifs is 1. The Bertz CT molecular complexity index is 574. The lowest BCUT2D eigenvalue weighted by Crippen LogP contribution is -2.49. The molecule has 1 aliphatic heterocycles. The third-order valence-corrected chi connectivity index (χ3v) is 4.70. The Kier molecular flexibility index (Phi) is 3.45. The maximum atomic E-state index is 12.7. The lowest BCUT2D eigenvalue weighted by Gasteiger charge is -2.41. The maximum absolute atomic E-state index is 12.7. The summed E-state index contributed by atoms with van der Waals surface area (Å²) in [5, 5.41) is 9.41. The summed E-state index contributed by atoms with van der Waals surface area (Å²) in [5.74, 6) is -1.12. The molecular formula is C16H19NO4. The third-order valence-electron chi connectivity index (χ3n) is 4.70. The van der Waals surface area contributed by atoms with Crippen molar-refractivity contribution in [2.24, 2.45) is 0 Å². The van der Waals surface area contributed by atoms with Crippen molar-refractivity contribution in [1.82, 2.24) is 0 Å². The van der Waals surface area contributed by atoms with Gasteiger partial charge in [-0.2, -0.15) is 0 Å². The first kappa shape index (κ1) is 14.1. The lowest BCUT2D eigenvalue weighted by molar-refractivity contribution is -0.142. The zero-order valence-corrected chi connectivity index (χ0v) is 12.0. The number of hydrogen-bond donors (Lipinski definition) is 1. The summed E-state index contributed by atoms with van der Waals surface area (Å²) in [4.78, 5) is 25.6. The van der Waals surface area contributed by atoms with Crippen LogP contribution in [-0.2, 0) is 20.7 Å². The van der Waals surface area contributed by atoms with Crippen molar-refractivity contribution in [2.75, 3.05) is 12.0 Å². The van der Waals surface area contributed by atoms with Gasteiger partial charge < -0.3 is 9.84 Å². The van der Waals surface area contributed by atoms with E-state index < -0.39 is 17.6 Å². The minimum absolute atomic E-state index is 0.158. The van der Waals surface area contributed by atoms with Crippen molar-refractivity contribution in [3.05, 3.63) is 29.8 Å². The zero-order valence-electron chi connectivity index (χ0n) is 12.0. The molecule has 0 spiro atoms. The summed E-state index contributed by atoms with van der Waals surface area (Å²) in [6, 6.07) is 6.60. The highest BCUT2D eigenvalue weighted by atomic mass is 16.5. The summed E-state index contributed by atoms with van der Waals surface area (Å²) in [6.45, 7) is 0. The second-order valence-corrected chi connectivity index (χ2v) is 5.87. The molecule has 0 saturated heterocycles. The number of ether oxygens (including phenoxy) is 1. The van der Waals surface area contributed by atoms with Crippen molar-refractivity contribution in [3.63, 3.8) is 0 Å². The maximum Gasteiger partial charge on any atom is 0.327 e. The number of rotatable bonds is 4. The van der Waals surface area contributed by atoms with Gasteiger partial charge in [-0.05, 0) is 30.9 Å². The third kappa shape index (κ3) is 2.31. The minimum Gasteiger partial charge on any atom is -0.480 e. The molecule has 1 aliphatic carbocycles. The Morgan fingerprint density at radius 3 is 2.67 bits per heavy atom. The highest BCUT2D eigenvalue weighted by molar-refractivity contribution is 6.02. The molecule has 1 heterocycles. The van der Waals surface area contributed by atoms with Gasteiger partial charge in [-0.3, -0.25) is 9.69 Å². The average molecular weight is 289 g/mol. The molecular weight excluding hydrogens is 270 g/mol. The molecule has 3 rings (SSSR count). The van der Waals surface area contributed by atoms with Gasteiger partial charge in [0, 0.05) is 19.2 Å². The predicted octanol–water partition coefficient (Wildman–Crippen LogP) is 1.99. The largest absolute Gasteiger partial charge is 0.480 e. The van der Waals surface area contributed by atoms with Crippen LogP contribution in [0.4, 0.5) is 5.69 Å². The van der Waals surface area contributed by atoms with E-state index in [1.54, 1.807) is 7.11 Å². The van der Waals surface area contributed by atoms with Crippen LogP contribution in [0.2, 0.25) is 0 Å². The van der Waals surface area contributed by atoms with Gasteiger partial charge in [-0.1, -0.05) is 18.2 Å². The Labute approximate surface area is 123 Å². The van der Waals surface area contributed by atoms with Crippen LogP contribution in [0.25, 0.3) is 0 Å². The number of anilines is 1. The smallest absolute Gasteiger partial charge is 0.327 e. The highest BCUT2D eigenvalue weighted by Gasteiger charge is 2.44. The molecule has 112 valence electrons. The van der Waals surface area contributed by atoms with Crippen LogP contribution in [0.15, 0.2) is 24.3 Å². The Morgan fingerprint density at radius 2 is 2.10 bits per heavy atom. The predicted molar refractivity (Wildman–Crippen MR) is 77.3 cm³/mol. The van der Waals surface area contributed by atoms with Crippen molar-refractivity contribution in [1.29, 1.82) is 0 Å². The number of para-hydroxylation sites is 1. The van der Waals surface area contributed by atoms with E-state index in [0.717, 1.165) is 30.5 Å².